The van der Waals surface area contributed by atoms with E-state index in [4.69, 9.17) is 14.2 Å². The molecule has 0 saturated heterocycles. The van der Waals surface area contributed by atoms with Crippen LogP contribution in [0.1, 0.15) is 32.3 Å². The van der Waals surface area contributed by atoms with Crippen LogP contribution in [0.15, 0.2) is 24.3 Å². The van der Waals surface area contributed by atoms with Gasteiger partial charge in [-0.25, -0.2) is 4.79 Å². The fraction of sp³-hybridized carbons (Fsp3) is 0.529. The molecule has 0 bridgehead atoms. The summed E-state index contributed by atoms with van der Waals surface area (Å²) in [6.07, 6.45) is -0.872. The number of methoxy groups -OCH3 is 1. The number of ether oxygens (including phenoxy) is 3. The number of hydrogen-bond donors (Lipinski definition) is 1. The molecule has 1 atom stereocenters. The topological polar surface area (TPSA) is 73.9 Å². The van der Waals surface area contributed by atoms with Crippen LogP contribution in [0.5, 0.6) is 5.75 Å². The van der Waals surface area contributed by atoms with E-state index < -0.39 is 12.1 Å². The van der Waals surface area contributed by atoms with Gasteiger partial charge in [-0.3, -0.25) is 4.79 Å². The first-order valence-corrected chi connectivity index (χ1v) is 7.63. The van der Waals surface area contributed by atoms with Crippen molar-refractivity contribution in [3.05, 3.63) is 29.8 Å². The molecule has 0 spiro atoms. The van der Waals surface area contributed by atoms with Gasteiger partial charge in [-0.1, -0.05) is 32.0 Å². The summed E-state index contributed by atoms with van der Waals surface area (Å²) in [5.74, 6) is -0.0136. The Hall–Kier alpha value is -2.08. The molecule has 128 valence electrons. The summed E-state index contributed by atoms with van der Waals surface area (Å²) >= 11 is 0. The van der Waals surface area contributed by atoms with Gasteiger partial charge in [0.25, 0.3) is 5.91 Å². The number of hydrogen-bond acceptors (Lipinski definition) is 5. The van der Waals surface area contributed by atoms with Crippen molar-refractivity contribution in [2.24, 2.45) is 0 Å². The Balaban J connectivity index is 2.44. The summed E-state index contributed by atoms with van der Waals surface area (Å²) in [6, 6.07) is 7.53. The molecule has 0 radical (unpaired) electrons. The summed E-state index contributed by atoms with van der Waals surface area (Å²) in [7, 11) is 1.54. The minimum Gasteiger partial charge on any atom is -0.482 e. The molecule has 1 aromatic carbocycles. The smallest absolute Gasteiger partial charge is 0.344 e. The lowest BCUT2D eigenvalue weighted by atomic mass is 10.0. The van der Waals surface area contributed by atoms with Crippen molar-refractivity contribution in [2.45, 2.75) is 32.8 Å². The van der Waals surface area contributed by atoms with E-state index in [1.165, 1.54) is 6.92 Å². The Morgan fingerprint density at radius 3 is 2.52 bits per heavy atom. The molecule has 6 nitrogen and oxygen atoms in total. The highest BCUT2D eigenvalue weighted by Crippen LogP contribution is 2.25. The molecule has 0 heterocycles. The van der Waals surface area contributed by atoms with Crippen molar-refractivity contribution in [1.29, 1.82) is 0 Å². The summed E-state index contributed by atoms with van der Waals surface area (Å²) in [6.45, 7) is 6.15. The fourth-order valence-corrected chi connectivity index (χ4v) is 1.93. The van der Waals surface area contributed by atoms with Gasteiger partial charge in [0.1, 0.15) is 5.75 Å². The number of nitrogens with one attached hydrogen (secondary N) is 1. The molecule has 0 fully saturated rings. The zero-order valence-electron chi connectivity index (χ0n) is 14.1. The van der Waals surface area contributed by atoms with Gasteiger partial charge in [-0.2, -0.15) is 0 Å². The van der Waals surface area contributed by atoms with Gasteiger partial charge in [0.2, 0.25) is 0 Å². The minimum absolute atomic E-state index is 0.237. The molecule has 1 N–H and O–H groups in total. The van der Waals surface area contributed by atoms with Gasteiger partial charge < -0.3 is 19.5 Å². The molecule has 1 amide bonds. The second kappa shape index (κ2) is 9.84. The Bertz CT molecular complexity index is 515. The van der Waals surface area contributed by atoms with E-state index in [2.05, 4.69) is 5.32 Å². The van der Waals surface area contributed by atoms with Gasteiger partial charge in [0.05, 0.1) is 6.61 Å². The average molecular weight is 323 g/mol. The van der Waals surface area contributed by atoms with Gasteiger partial charge >= 0.3 is 5.97 Å². The van der Waals surface area contributed by atoms with Gasteiger partial charge in [-0.05, 0) is 24.5 Å². The van der Waals surface area contributed by atoms with Crippen molar-refractivity contribution >= 4 is 11.9 Å². The zero-order chi connectivity index (χ0) is 17.2. The van der Waals surface area contributed by atoms with Crippen molar-refractivity contribution in [1.82, 2.24) is 5.32 Å². The Labute approximate surface area is 137 Å². The maximum Gasteiger partial charge on any atom is 0.344 e. The van der Waals surface area contributed by atoms with E-state index in [0.29, 0.717) is 18.9 Å². The molecular weight excluding hydrogens is 298 g/mol. The predicted molar refractivity (Wildman–Crippen MR) is 86.5 cm³/mol. The molecular formula is C17H25NO5. The van der Waals surface area contributed by atoms with Crippen LogP contribution in [-0.4, -0.2) is 44.8 Å². The lowest BCUT2D eigenvalue weighted by molar-refractivity contribution is -0.156. The predicted octanol–water partition coefficient (Wildman–Crippen LogP) is 1.88. The third-order valence-corrected chi connectivity index (χ3v) is 3.17. The van der Waals surface area contributed by atoms with Crippen LogP contribution in [-0.2, 0) is 19.1 Å². The quantitative estimate of drug-likeness (QED) is 0.555. The largest absolute Gasteiger partial charge is 0.482 e. The van der Waals surface area contributed by atoms with Crippen LogP contribution in [0, 0.1) is 0 Å². The zero-order valence-corrected chi connectivity index (χ0v) is 14.1. The summed E-state index contributed by atoms with van der Waals surface area (Å²) in [4.78, 5) is 23.5. The van der Waals surface area contributed by atoms with Crippen molar-refractivity contribution in [3.63, 3.8) is 0 Å². The second-order valence-electron chi connectivity index (χ2n) is 5.40. The van der Waals surface area contributed by atoms with Crippen LogP contribution in [0.2, 0.25) is 0 Å². The molecule has 0 aromatic heterocycles. The number of para-hydroxylation sites is 1. The molecule has 0 aliphatic rings. The minimum atomic E-state index is -0.872. The molecule has 1 rings (SSSR count). The average Bonchev–Trinajstić information content (AvgIpc) is 2.53. The van der Waals surface area contributed by atoms with Crippen molar-refractivity contribution in [3.8, 4) is 5.75 Å². The van der Waals surface area contributed by atoms with Crippen LogP contribution in [0.3, 0.4) is 0 Å². The molecule has 0 aliphatic heterocycles. The SMILES string of the molecule is COCCNC(=O)[C@@H](C)OC(=O)COc1ccccc1C(C)C. The third-order valence-electron chi connectivity index (χ3n) is 3.17. The van der Waals surface area contributed by atoms with Crippen LogP contribution < -0.4 is 10.1 Å². The number of rotatable bonds is 9. The highest BCUT2D eigenvalue weighted by molar-refractivity contribution is 5.83. The fourth-order valence-electron chi connectivity index (χ4n) is 1.93. The highest BCUT2D eigenvalue weighted by Gasteiger charge is 2.18. The Morgan fingerprint density at radius 2 is 1.87 bits per heavy atom. The molecule has 0 aliphatic carbocycles. The van der Waals surface area contributed by atoms with Gasteiger partial charge in [0.15, 0.2) is 12.7 Å². The van der Waals surface area contributed by atoms with E-state index in [1.807, 2.05) is 38.1 Å². The number of esters is 1. The number of carbonyl (C=O) groups excluding carboxylic acids is 2. The van der Waals surface area contributed by atoms with Crippen LogP contribution >= 0.6 is 0 Å². The maximum absolute atomic E-state index is 11.8. The first-order chi connectivity index (χ1) is 11.0. The van der Waals surface area contributed by atoms with Crippen molar-refractivity contribution in [2.75, 3.05) is 26.9 Å². The Morgan fingerprint density at radius 1 is 1.17 bits per heavy atom. The van der Waals surface area contributed by atoms with Crippen LogP contribution in [0.25, 0.3) is 0 Å². The lowest BCUT2D eigenvalue weighted by Gasteiger charge is -2.15. The highest BCUT2D eigenvalue weighted by atomic mass is 16.6. The third kappa shape index (κ3) is 6.69. The monoisotopic (exact) mass is 323 g/mol. The van der Waals surface area contributed by atoms with Gasteiger partial charge in [-0.15, -0.1) is 0 Å². The number of amides is 1. The van der Waals surface area contributed by atoms with E-state index in [1.54, 1.807) is 7.11 Å². The summed E-state index contributed by atoms with van der Waals surface area (Å²) in [5.41, 5.74) is 1.02. The number of benzene rings is 1. The standard InChI is InChI=1S/C17H25NO5/c1-12(2)14-7-5-6-8-15(14)22-11-16(19)23-13(3)17(20)18-9-10-21-4/h5-8,12-13H,9-11H2,1-4H3,(H,18,20)/t13-/m1/s1. The summed E-state index contributed by atoms with van der Waals surface area (Å²) in [5, 5.41) is 2.60. The molecule has 1 aromatic rings. The Kier molecular flexibility index (Phi) is 8.11. The molecule has 23 heavy (non-hydrogen) atoms. The lowest BCUT2D eigenvalue weighted by Crippen LogP contribution is -2.38. The van der Waals surface area contributed by atoms with E-state index in [-0.39, 0.29) is 18.4 Å². The molecule has 0 saturated carbocycles. The van der Waals surface area contributed by atoms with Crippen molar-refractivity contribution < 1.29 is 23.8 Å². The van der Waals surface area contributed by atoms with E-state index in [9.17, 15) is 9.59 Å². The normalized spacial score (nSPS) is 11.9. The van der Waals surface area contributed by atoms with E-state index >= 15 is 0 Å². The van der Waals surface area contributed by atoms with Gasteiger partial charge in [0, 0.05) is 13.7 Å². The van der Waals surface area contributed by atoms with Crippen LogP contribution in [0.4, 0.5) is 0 Å². The first-order valence-electron chi connectivity index (χ1n) is 7.63. The second-order valence-corrected chi connectivity index (χ2v) is 5.40. The number of carbonyl (C=O) groups is 2. The van der Waals surface area contributed by atoms with E-state index in [0.717, 1.165) is 5.56 Å². The molecule has 6 heteroatoms. The molecule has 0 unspecified atom stereocenters. The summed E-state index contributed by atoms with van der Waals surface area (Å²) < 4.78 is 15.4. The first kappa shape index (κ1) is 19.0. The maximum atomic E-state index is 11.8.